The minimum atomic E-state index is -0.459. The number of hydrogen-bond donors (Lipinski definition) is 0. The van der Waals surface area contributed by atoms with E-state index in [-0.39, 0.29) is 11.2 Å². The average molecular weight is 225 g/mol. The molecule has 0 aliphatic rings. The van der Waals surface area contributed by atoms with Gasteiger partial charge in [-0.25, -0.2) is 9.78 Å². The van der Waals surface area contributed by atoms with Crippen LogP contribution in [0.1, 0.15) is 56.3 Å². The number of carbonyl (C=O) groups excluding carboxylic acids is 1. The van der Waals surface area contributed by atoms with Crippen molar-refractivity contribution in [2.75, 3.05) is 7.11 Å². The maximum atomic E-state index is 11.5. The van der Waals surface area contributed by atoms with Crippen molar-refractivity contribution in [3.63, 3.8) is 0 Å². The molecule has 4 nitrogen and oxygen atoms in total. The fourth-order valence-electron chi connectivity index (χ4n) is 1.42. The van der Waals surface area contributed by atoms with Crippen LogP contribution in [0.2, 0.25) is 0 Å². The van der Waals surface area contributed by atoms with Crippen LogP contribution in [0.5, 0.6) is 0 Å². The van der Waals surface area contributed by atoms with E-state index in [1.807, 2.05) is 27.7 Å². The molecular formula is C12H19NO3. The SMILES string of the molecule is CCCc1nc(C(C)(C)C)c(C(=O)OC)o1. The lowest BCUT2D eigenvalue weighted by Gasteiger charge is -2.15. The van der Waals surface area contributed by atoms with Gasteiger partial charge in [-0.05, 0) is 6.42 Å². The van der Waals surface area contributed by atoms with Gasteiger partial charge in [-0.2, -0.15) is 0 Å². The number of carbonyl (C=O) groups is 1. The molecule has 0 unspecified atom stereocenters. The number of oxazole rings is 1. The molecule has 0 atom stereocenters. The molecule has 0 aliphatic heterocycles. The summed E-state index contributed by atoms with van der Waals surface area (Å²) in [4.78, 5) is 15.9. The first kappa shape index (κ1) is 12.7. The maximum absolute atomic E-state index is 11.5. The standard InChI is InChI=1S/C12H19NO3/c1-6-7-8-13-10(12(2,3)4)9(16-8)11(14)15-5/h6-7H2,1-5H3. The Morgan fingerprint density at radius 2 is 2.06 bits per heavy atom. The van der Waals surface area contributed by atoms with Gasteiger partial charge in [0.15, 0.2) is 5.89 Å². The van der Waals surface area contributed by atoms with E-state index in [1.54, 1.807) is 0 Å². The number of ether oxygens (including phenoxy) is 1. The van der Waals surface area contributed by atoms with Crippen LogP contribution in [-0.2, 0) is 16.6 Å². The zero-order valence-corrected chi connectivity index (χ0v) is 10.6. The molecule has 1 heterocycles. The van der Waals surface area contributed by atoms with E-state index in [2.05, 4.69) is 4.98 Å². The first-order chi connectivity index (χ1) is 7.40. The van der Waals surface area contributed by atoms with E-state index in [4.69, 9.17) is 9.15 Å². The number of rotatable bonds is 3. The summed E-state index contributed by atoms with van der Waals surface area (Å²) in [5.41, 5.74) is 0.446. The Kier molecular flexibility index (Phi) is 3.73. The Balaban J connectivity index is 3.18. The lowest BCUT2D eigenvalue weighted by molar-refractivity contribution is 0.0559. The van der Waals surface area contributed by atoms with Crippen molar-refractivity contribution in [2.45, 2.75) is 46.0 Å². The van der Waals surface area contributed by atoms with Gasteiger partial charge in [-0.3, -0.25) is 0 Å². The van der Waals surface area contributed by atoms with Gasteiger partial charge in [0.1, 0.15) is 0 Å². The zero-order valence-electron chi connectivity index (χ0n) is 10.6. The molecule has 0 fully saturated rings. The minimum absolute atomic E-state index is 0.223. The first-order valence-electron chi connectivity index (χ1n) is 5.48. The van der Waals surface area contributed by atoms with E-state index in [0.29, 0.717) is 11.6 Å². The van der Waals surface area contributed by atoms with Gasteiger partial charge < -0.3 is 9.15 Å². The Hall–Kier alpha value is -1.32. The van der Waals surface area contributed by atoms with Gasteiger partial charge in [0.25, 0.3) is 0 Å². The Morgan fingerprint density at radius 1 is 1.44 bits per heavy atom. The number of hydrogen-bond acceptors (Lipinski definition) is 4. The molecule has 0 N–H and O–H groups in total. The molecule has 0 saturated heterocycles. The third-order valence-corrected chi connectivity index (χ3v) is 2.22. The van der Waals surface area contributed by atoms with E-state index < -0.39 is 5.97 Å². The summed E-state index contributed by atoms with van der Waals surface area (Å²) in [7, 11) is 1.34. The van der Waals surface area contributed by atoms with Crippen LogP contribution in [0.3, 0.4) is 0 Å². The van der Waals surface area contributed by atoms with E-state index in [1.165, 1.54) is 7.11 Å². The molecule has 4 heteroatoms. The molecule has 16 heavy (non-hydrogen) atoms. The monoisotopic (exact) mass is 225 g/mol. The van der Waals surface area contributed by atoms with E-state index in [0.717, 1.165) is 12.8 Å². The van der Waals surface area contributed by atoms with Crippen LogP contribution in [0, 0.1) is 0 Å². The van der Waals surface area contributed by atoms with Crippen molar-refractivity contribution in [3.8, 4) is 0 Å². The molecule has 0 radical (unpaired) electrons. The molecule has 0 bridgehead atoms. The Labute approximate surface area is 96.0 Å². The van der Waals surface area contributed by atoms with Gasteiger partial charge in [0.05, 0.1) is 12.8 Å². The van der Waals surface area contributed by atoms with Crippen molar-refractivity contribution >= 4 is 5.97 Å². The molecule has 1 aromatic rings. The summed E-state index contributed by atoms with van der Waals surface area (Å²) < 4.78 is 10.1. The fraction of sp³-hybridized carbons (Fsp3) is 0.667. The van der Waals surface area contributed by atoms with Crippen molar-refractivity contribution in [2.24, 2.45) is 0 Å². The first-order valence-corrected chi connectivity index (χ1v) is 5.48. The Morgan fingerprint density at radius 3 is 2.50 bits per heavy atom. The molecule has 0 aliphatic carbocycles. The largest absolute Gasteiger partial charge is 0.463 e. The lowest BCUT2D eigenvalue weighted by Crippen LogP contribution is -2.17. The second-order valence-electron chi connectivity index (χ2n) is 4.78. The van der Waals surface area contributed by atoms with Gasteiger partial charge in [-0.1, -0.05) is 27.7 Å². The third-order valence-electron chi connectivity index (χ3n) is 2.22. The molecule has 0 spiro atoms. The van der Waals surface area contributed by atoms with Crippen LogP contribution in [0.15, 0.2) is 4.42 Å². The van der Waals surface area contributed by atoms with E-state index in [9.17, 15) is 4.79 Å². The molecular weight excluding hydrogens is 206 g/mol. The van der Waals surface area contributed by atoms with Gasteiger partial charge in [-0.15, -0.1) is 0 Å². The topological polar surface area (TPSA) is 52.3 Å². The number of methoxy groups -OCH3 is 1. The maximum Gasteiger partial charge on any atom is 0.376 e. The quantitative estimate of drug-likeness (QED) is 0.742. The summed E-state index contributed by atoms with van der Waals surface area (Å²) in [6.07, 6.45) is 1.67. The third kappa shape index (κ3) is 2.62. The van der Waals surface area contributed by atoms with Crippen LogP contribution < -0.4 is 0 Å². The number of nitrogens with zero attached hydrogens (tertiary/aromatic N) is 1. The van der Waals surface area contributed by atoms with Gasteiger partial charge in [0, 0.05) is 11.8 Å². The van der Waals surface area contributed by atoms with Crippen molar-refractivity contribution < 1.29 is 13.9 Å². The highest BCUT2D eigenvalue weighted by molar-refractivity contribution is 5.87. The van der Waals surface area contributed by atoms with Crippen LogP contribution in [-0.4, -0.2) is 18.1 Å². The molecule has 1 aromatic heterocycles. The fourth-order valence-corrected chi connectivity index (χ4v) is 1.42. The van der Waals surface area contributed by atoms with Crippen molar-refractivity contribution in [1.29, 1.82) is 0 Å². The van der Waals surface area contributed by atoms with Gasteiger partial charge >= 0.3 is 5.97 Å². The van der Waals surface area contributed by atoms with Crippen LogP contribution in [0.25, 0.3) is 0 Å². The van der Waals surface area contributed by atoms with Crippen LogP contribution >= 0.6 is 0 Å². The highest BCUT2D eigenvalue weighted by Gasteiger charge is 2.29. The molecule has 0 amide bonds. The number of esters is 1. The summed E-state index contributed by atoms with van der Waals surface area (Å²) >= 11 is 0. The van der Waals surface area contributed by atoms with Crippen LogP contribution in [0.4, 0.5) is 0 Å². The highest BCUT2D eigenvalue weighted by Crippen LogP contribution is 2.26. The average Bonchev–Trinajstić information content (AvgIpc) is 2.61. The molecule has 0 aromatic carbocycles. The molecule has 1 rings (SSSR count). The second-order valence-corrected chi connectivity index (χ2v) is 4.78. The lowest BCUT2D eigenvalue weighted by atomic mass is 9.91. The minimum Gasteiger partial charge on any atom is -0.463 e. The molecule has 0 saturated carbocycles. The highest BCUT2D eigenvalue weighted by atomic mass is 16.5. The van der Waals surface area contributed by atoms with E-state index >= 15 is 0 Å². The zero-order chi connectivity index (χ0) is 12.3. The predicted octanol–water partition coefficient (Wildman–Crippen LogP) is 2.71. The predicted molar refractivity (Wildman–Crippen MR) is 60.5 cm³/mol. The smallest absolute Gasteiger partial charge is 0.376 e. The second kappa shape index (κ2) is 4.68. The van der Waals surface area contributed by atoms with Crippen molar-refractivity contribution in [3.05, 3.63) is 17.3 Å². The number of aromatic nitrogens is 1. The summed E-state index contributed by atoms with van der Waals surface area (Å²) in [5.74, 6) is 0.381. The summed E-state index contributed by atoms with van der Waals surface area (Å²) in [5, 5.41) is 0. The molecule has 90 valence electrons. The Bertz CT molecular complexity index is 374. The van der Waals surface area contributed by atoms with Crippen molar-refractivity contribution in [1.82, 2.24) is 4.98 Å². The number of aryl methyl sites for hydroxylation is 1. The summed E-state index contributed by atoms with van der Waals surface area (Å²) in [6, 6.07) is 0. The summed E-state index contributed by atoms with van der Waals surface area (Å²) in [6.45, 7) is 8.02. The van der Waals surface area contributed by atoms with Gasteiger partial charge in [0.2, 0.25) is 5.76 Å². The normalized spacial score (nSPS) is 11.6.